The van der Waals surface area contributed by atoms with Crippen molar-refractivity contribution < 1.29 is 4.79 Å². The van der Waals surface area contributed by atoms with Gasteiger partial charge in [0, 0.05) is 24.4 Å². The predicted octanol–water partition coefficient (Wildman–Crippen LogP) is 2.46. The smallest absolute Gasteiger partial charge is 0.253 e. The lowest BCUT2D eigenvalue weighted by atomic mass is 10.1. The molecular formula is C17H17N5OS. The Morgan fingerprint density at radius 1 is 1.29 bits per heavy atom. The van der Waals surface area contributed by atoms with Crippen molar-refractivity contribution in [3.05, 3.63) is 47.2 Å². The number of benzene rings is 1. The van der Waals surface area contributed by atoms with Gasteiger partial charge in [-0.15, -0.1) is 0 Å². The van der Waals surface area contributed by atoms with Gasteiger partial charge in [-0.3, -0.25) is 4.79 Å². The zero-order chi connectivity index (χ0) is 16.9. The third-order valence-electron chi connectivity index (χ3n) is 3.88. The van der Waals surface area contributed by atoms with Gasteiger partial charge in [-0.1, -0.05) is 23.9 Å². The van der Waals surface area contributed by atoms with Gasteiger partial charge in [0.1, 0.15) is 17.5 Å². The lowest BCUT2D eigenvalue weighted by Gasteiger charge is -2.15. The first-order valence-electron chi connectivity index (χ1n) is 7.71. The van der Waals surface area contributed by atoms with E-state index in [2.05, 4.69) is 9.97 Å². The minimum absolute atomic E-state index is 0.106. The Hall–Kier alpha value is -2.59. The summed E-state index contributed by atoms with van der Waals surface area (Å²) < 4.78 is 0. The fourth-order valence-corrected chi connectivity index (χ4v) is 3.31. The second-order valence-corrected chi connectivity index (χ2v) is 6.49. The molecule has 24 heavy (non-hydrogen) atoms. The van der Waals surface area contributed by atoms with Crippen molar-refractivity contribution in [3.63, 3.8) is 0 Å². The molecule has 2 heterocycles. The number of thioether (sulfide) groups is 1. The van der Waals surface area contributed by atoms with E-state index in [4.69, 9.17) is 11.0 Å². The number of likely N-dealkylation sites (tertiary alicyclic amines) is 1. The Kier molecular flexibility index (Phi) is 4.96. The molecule has 0 aliphatic carbocycles. The molecule has 1 aliphatic heterocycles. The van der Waals surface area contributed by atoms with E-state index in [1.807, 2.05) is 35.2 Å². The van der Waals surface area contributed by atoms with Crippen LogP contribution in [0.1, 0.15) is 34.3 Å². The lowest BCUT2D eigenvalue weighted by Crippen LogP contribution is -2.27. The molecule has 3 rings (SSSR count). The number of hydrogen-bond acceptors (Lipinski definition) is 6. The Bertz CT molecular complexity index is 779. The van der Waals surface area contributed by atoms with Crippen molar-refractivity contribution in [2.45, 2.75) is 23.8 Å². The lowest BCUT2D eigenvalue weighted by molar-refractivity contribution is 0.0793. The fourth-order valence-electron chi connectivity index (χ4n) is 2.53. The monoisotopic (exact) mass is 339 g/mol. The number of anilines is 1. The van der Waals surface area contributed by atoms with E-state index in [1.54, 1.807) is 0 Å². The van der Waals surface area contributed by atoms with Crippen LogP contribution in [0.25, 0.3) is 0 Å². The van der Waals surface area contributed by atoms with Gasteiger partial charge in [-0.25, -0.2) is 9.97 Å². The maximum Gasteiger partial charge on any atom is 0.253 e. The van der Waals surface area contributed by atoms with Crippen molar-refractivity contribution in [2.75, 3.05) is 18.8 Å². The summed E-state index contributed by atoms with van der Waals surface area (Å²) in [5, 5.41) is 9.35. The maximum atomic E-state index is 12.3. The molecule has 122 valence electrons. The van der Waals surface area contributed by atoms with Crippen LogP contribution in [0, 0.1) is 11.3 Å². The van der Waals surface area contributed by atoms with E-state index >= 15 is 0 Å². The Morgan fingerprint density at radius 2 is 2.00 bits per heavy atom. The Morgan fingerprint density at radius 3 is 2.62 bits per heavy atom. The number of amides is 1. The van der Waals surface area contributed by atoms with Crippen molar-refractivity contribution >= 4 is 23.5 Å². The molecule has 0 unspecified atom stereocenters. The standard InChI is InChI=1S/C17H17N5OS/c18-9-14-10-20-17(21-15(14)19)24-11-12-3-5-13(6-4-12)16(23)22-7-1-2-8-22/h3-6,10H,1-2,7-8,11H2,(H2,19,20,21). The third-order valence-corrected chi connectivity index (χ3v) is 4.81. The average Bonchev–Trinajstić information content (AvgIpc) is 3.14. The quantitative estimate of drug-likeness (QED) is 0.679. The molecule has 0 bridgehead atoms. The molecule has 1 saturated heterocycles. The second-order valence-electron chi connectivity index (χ2n) is 5.55. The first-order chi connectivity index (χ1) is 11.7. The van der Waals surface area contributed by atoms with Gasteiger partial charge in [0.15, 0.2) is 5.16 Å². The number of nitrogen functional groups attached to an aromatic ring is 1. The summed E-state index contributed by atoms with van der Waals surface area (Å²) in [5.74, 6) is 0.972. The summed E-state index contributed by atoms with van der Waals surface area (Å²) in [6, 6.07) is 9.57. The van der Waals surface area contributed by atoms with Gasteiger partial charge < -0.3 is 10.6 Å². The molecule has 7 heteroatoms. The zero-order valence-corrected chi connectivity index (χ0v) is 13.9. The number of nitriles is 1. The summed E-state index contributed by atoms with van der Waals surface area (Å²) in [5.41, 5.74) is 7.77. The number of rotatable bonds is 4. The van der Waals surface area contributed by atoms with Crippen molar-refractivity contribution in [3.8, 4) is 6.07 Å². The fraction of sp³-hybridized carbons (Fsp3) is 0.294. The van der Waals surface area contributed by atoms with Crippen LogP contribution in [0.3, 0.4) is 0 Å². The van der Waals surface area contributed by atoms with Crippen LogP contribution >= 0.6 is 11.8 Å². The SMILES string of the molecule is N#Cc1cnc(SCc2ccc(C(=O)N3CCCC3)cc2)nc1N. The van der Waals surface area contributed by atoms with Crippen molar-refractivity contribution in [1.29, 1.82) is 5.26 Å². The highest BCUT2D eigenvalue weighted by atomic mass is 32.2. The van der Waals surface area contributed by atoms with Crippen LogP contribution in [0.2, 0.25) is 0 Å². The van der Waals surface area contributed by atoms with Gasteiger partial charge >= 0.3 is 0 Å². The highest BCUT2D eigenvalue weighted by Gasteiger charge is 2.19. The highest BCUT2D eigenvalue weighted by molar-refractivity contribution is 7.98. The zero-order valence-electron chi connectivity index (χ0n) is 13.1. The van der Waals surface area contributed by atoms with E-state index in [0.717, 1.165) is 37.1 Å². The molecular weight excluding hydrogens is 322 g/mol. The minimum Gasteiger partial charge on any atom is -0.382 e. The van der Waals surface area contributed by atoms with Crippen LogP contribution in [-0.4, -0.2) is 33.9 Å². The molecule has 1 aromatic carbocycles. The summed E-state index contributed by atoms with van der Waals surface area (Å²) in [6.45, 7) is 1.71. The molecule has 1 fully saturated rings. The molecule has 0 atom stereocenters. The number of nitrogens with zero attached hydrogens (tertiary/aromatic N) is 4. The van der Waals surface area contributed by atoms with Crippen molar-refractivity contribution in [2.24, 2.45) is 0 Å². The summed E-state index contributed by atoms with van der Waals surface area (Å²) in [7, 11) is 0. The average molecular weight is 339 g/mol. The Labute approximate surface area is 144 Å². The molecule has 2 aromatic rings. The number of carbonyl (C=O) groups excluding carboxylic acids is 1. The van der Waals surface area contributed by atoms with Gasteiger partial charge in [0.25, 0.3) is 5.91 Å². The molecule has 1 amide bonds. The first kappa shape index (κ1) is 16.3. The first-order valence-corrected chi connectivity index (χ1v) is 8.69. The van der Waals surface area contributed by atoms with E-state index in [1.165, 1.54) is 18.0 Å². The molecule has 0 saturated carbocycles. The maximum absolute atomic E-state index is 12.3. The summed E-state index contributed by atoms with van der Waals surface area (Å²) in [6.07, 6.45) is 3.62. The van der Waals surface area contributed by atoms with Gasteiger partial charge in [-0.2, -0.15) is 5.26 Å². The van der Waals surface area contributed by atoms with Crippen LogP contribution in [0.15, 0.2) is 35.6 Å². The molecule has 0 radical (unpaired) electrons. The van der Waals surface area contributed by atoms with Crippen LogP contribution in [-0.2, 0) is 5.75 Å². The topological polar surface area (TPSA) is 95.9 Å². The molecule has 2 N–H and O–H groups in total. The van der Waals surface area contributed by atoms with Crippen LogP contribution < -0.4 is 5.73 Å². The van der Waals surface area contributed by atoms with Gasteiger partial charge in [-0.05, 0) is 30.5 Å². The molecule has 1 aromatic heterocycles. The number of aromatic nitrogens is 2. The number of hydrogen-bond donors (Lipinski definition) is 1. The van der Waals surface area contributed by atoms with Crippen molar-refractivity contribution in [1.82, 2.24) is 14.9 Å². The third kappa shape index (κ3) is 3.66. The normalized spacial score (nSPS) is 13.7. The molecule has 0 spiro atoms. The summed E-state index contributed by atoms with van der Waals surface area (Å²) in [4.78, 5) is 22.4. The second kappa shape index (κ2) is 7.32. The highest BCUT2D eigenvalue weighted by Crippen LogP contribution is 2.21. The Balaban J connectivity index is 1.61. The van der Waals surface area contributed by atoms with Crippen LogP contribution in [0.4, 0.5) is 5.82 Å². The van der Waals surface area contributed by atoms with Gasteiger partial charge in [0.05, 0.1) is 6.20 Å². The number of nitrogens with two attached hydrogens (primary N) is 1. The van der Waals surface area contributed by atoms with Crippen LogP contribution in [0.5, 0.6) is 0 Å². The van der Waals surface area contributed by atoms with Gasteiger partial charge in [0.2, 0.25) is 0 Å². The predicted molar refractivity (Wildman–Crippen MR) is 92.3 cm³/mol. The van der Waals surface area contributed by atoms with E-state index in [9.17, 15) is 4.79 Å². The minimum atomic E-state index is 0.106. The van der Waals surface area contributed by atoms with E-state index in [0.29, 0.717) is 10.9 Å². The van der Waals surface area contributed by atoms with E-state index in [-0.39, 0.29) is 17.3 Å². The molecule has 1 aliphatic rings. The molecule has 6 nitrogen and oxygen atoms in total. The van der Waals surface area contributed by atoms with E-state index < -0.39 is 0 Å². The summed E-state index contributed by atoms with van der Waals surface area (Å²) >= 11 is 1.44. The number of carbonyl (C=O) groups is 1. The largest absolute Gasteiger partial charge is 0.382 e.